The van der Waals surface area contributed by atoms with Crippen LogP contribution in [0.1, 0.15) is 21.5 Å². The van der Waals surface area contributed by atoms with Gasteiger partial charge < -0.3 is 10.3 Å². The molecular formula is C18H15ClN2O. The minimum atomic E-state index is -0.00293. The first-order valence-electron chi connectivity index (χ1n) is 7.33. The normalized spacial score (nSPS) is 14.0. The van der Waals surface area contributed by atoms with Gasteiger partial charge in [-0.2, -0.15) is 0 Å². The maximum Gasteiger partial charge on any atom is 0.251 e. The Morgan fingerprint density at radius 1 is 1.18 bits per heavy atom. The number of H-pyrrole nitrogens is 1. The van der Waals surface area contributed by atoms with Crippen LogP contribution in [0.15, 0.2) is 36.4 Å². The van der Waals surface area contributed by atoms with Crippen LogP contribution in [0.4, 0.5) is 0 Å². The number of aromatic nitrogens is 1. The van der Waals surface area contributed by atoms with Crippen LogP contribution in [0.3, 0.4) is 0 Å². The van der Waals surface area contributed by atoms with Gasteiger partial charge in [-0.3, -0.25) is 4.79 Å². The summed E-state index contributed by atoms with van der Waals surface area (Å²) < 4.78 is 0. The van der Waals surface area contributed by atoms with Crippen molar-refractivity contribution in [2.24, 2.45) is 0 Å². The fraction of sp³-hybridized carbons (Fsp3) is 0.167. The minimum absolute atomic E-state index is 0.00293. The maximum atomic E-state index is 12.2. The minimum Gasteiger partial charge on any atom is -0.354 e. The van der Waals surface area contributed by atoms with E-state index in [1.807, 2.05) is 37.3 Å². The van der Waals surface area contributed by atoms with Crippen molar-refractivity contribution < 1.29 is 4.79 Å². The van der Waals surface area contributed by atoms with Gasteiger partial charge in [-0.05, 0) is 48.2 Å². The molecule has 3 nitrogen and oxygen atoms in total. The highest BCUT2D eigenvalue weighted by Gasteiger charge is 2.22. The van der Waals surface area contributed by atoms with Crippen molar-refractivity contribution in [3.63, 3.8) is 0 Å². The van der Waals surface area contributed by atoms with E-state index in [4.69, 9.17) is 11.6 Å². The summed E-state index contributed by atoms with van der Waals surface area (Å²) in [6.45, 7) is 2.64. The zero-order valence-corrected chi connectivity index (χ0v) is 12.9. The van der Waals surface area contributed by atoms with Crippen LogP contribution in [-0.4, -0.2) is 17.4 Å². The lowest BCUT2D eigenvalue weighted by atomic mass is 10.00. The number of carbonyl (C=O) groups is 1. The van der Waals surface area contributed by atoms with E-state index in [0.29, 0.717) is 6.54 Å². The molecule has 3 aromatic rings. The van der Waals surface area contributed by atoms with Crippen LogP contribution in [0.25, 0.3) is 22.2 Å². The molecule has 0 spiro atoms. The predicted octanol–water partition coefficient (Wildman–Crippen LogP) is 4.08. The molecule has 2 aromatic carbocycles. The topological polar surface area (TPSA) is 44.9 Å². The van der Waals surface area contributed by atoms with Gasteiger partial charge in [0, 0.05) is 33.7 Å². The van der Waals surface area contributed by atoms with E-state index in [9.17, 15) is 4.79 Å². The Hall–Kier alpha value is -2.26. The summed E-state index contributed by atoms with van der Waals surface area (Å²) >= 11 is 6.28. The standard InChI is InChI=1S/C18H15ClN2O/c1-10-5-6-11(9-14(10)19)17-12-7-8-20-18(22)13-3-2-4-15(21-17)16(12)13/h2-6,9,21H,7-8H2,1H3,(H,20,22). The Labute approximate surface area is 133 Å². The second-order valence-corrected chi connectivity index (χ2v) is 6.08. The van der Waals surface area contributed by atoms with Crippen molar-refractivity contribution in [1.29, 1.82) is 0 Å². The Morgan fingerprint density at radius 3 is 2.86 bits per heavy atom. The van der Waals surface area contributed by atoms with Gasteiger partial charge in [-0.1, -0.05) is 29.8 Å². The first-order valence-corrected chi connectivity index (χ1v) is 7.71. The van der Waals surface area contributed by atoms with Gasteiger partial charge in [0.25, 0.3) is 5.91 Å². The summed E-state index contributed by atoms with van der Waals surface area (Å²) in [5, 5.41) is 4.75. The number of carbonyl (C=O) groups excluding carboxylic acids is 1. The molecule has 4 heteroatoms. The second-order valence-electron chi connectivity index (χ2n) is 5.68. The molecule has 4 rings (SSSR count). The highest BCUT2D eigenvalue weighted by molar-refractivity contribution is 6.31. The summed E-state index contributed by atoms with van der Waals surface area (Å²) in [5.41, 5.74) is 6.10. The lowest BCUT2D eigenvalue weighted by Gasteiger charge is -2.06. The fourth-order valence-electron chi connectivity index (χ4n) is 3.15. The number of hydrogen-bond donors (Lipinski definition) is 2. The number of aryl methyl sites for hydroxylation is 1. The molecule has 2 heterocycles. The molecule has 2 N–H and O–H groups in total. The van der Waals surface area contributed by atoms with Crippen molar-refractivity contribution in [2.75, 3.05) is 6.54 Å². The molecule has 110 valence electrons. The number of amides is 1. The van der Waals surface area contributed by atoms with E-state index >= 15 is 0 Å². The molecule has 0 saturated carbocycles. The predicted molar refractivity (Wildman–Crippen MR) is 89.5 cm³/mol. The van der Waals surface area contributed by atoms with Crippen molar-refractivity contribution in [3.05, 3.63) is 58.1 Å². The van der Waals surface area contributed by atoms with Gasteiger partial charge in [0.05, 0.1) is 0 Å². The number of halogens is 1. The molecule has 0 bridgehead atoms. The molecule has 1 aliphatic rings. The average molecular weight is 311 g/mol. The highest BCUT2D eigenvalue weighted by atomic mass is 35.5. The van der Waals surface area contributed by atoms with Gasteiger partial charge >= 0.3 is 0 Å². The van der Waals surface area contributed by atoms with E-state index < -0.39 is 0 Å². The van der Waals surface area contributed by atoms with Gasteiger partial charge in [-0.15, -0.1) is 0 Å². The summed E-state index contributed by atoms with van der Waals surface area (Å²) in [6.07, 6.45) is 0.809. The lowest BCUT2D eigenvalue weighted by Crippen LogP contribution is -2.23. The molecule has 22 heavy (non-hydrogen) atoms. The third kappa shape index (κ3) is 1.93. The summed E-state index contributed by atoms with van der Waals surface area (Å²) in [4.78, 5) is 15.7. The summed E-state index contributed by atoms with van der Waals surface area (Å²) in [7, 11) is 0. The smallest absolute Gasteiger partial charge is 0.251 e. The molecule has 1 aliphatic heterocycles. The van der Waals surface area contributed by atoms with Gasteiger partial charge in [0.15, 0.2) is 0 Å². The van der Waals surface area contributed by atoms with Gasteiger partial charge in [0.1, 0.15) is 0 Å². The van der Waals surface area contributed by atoms with Crippen molar-refractivity contribution in [1.82, 2.24) is 10.3 Å². The highest BCUT2D eigenvalue weighted by Crippen LogP contribution is 2.35. The van der Waals surface area contributed by atoms with Crippen LogP contribution in [0, 0.1) is 6.92 Å². The van der Waals surface area contributed by atoms with Crippen molar-refractivity contribution in [2.45, 2.75) is 13.3 Å². The Bertz CT molecular complexity index is 911. The van der Waals surface area contributed by atoms with E-state index in [1.165, 1.54) is 5.56 Å². The molecular weight excluding hydrogens is 296 g/mol. The van der Waals surface area contributed by atoms with Crippen LogP contribution < -0.4 is 5.32 Å². The van der Waals surface area contributed by atoms with E-state index in [2.05, 4.69) is 16.4 Å². The fourth-order valence-corrected chi connectivity index (χ4v) is 3.33. The zero-order valence-electron chi connectivity index (χ0n) is 12.2. The molecule has 0 atom stereocenters. The first-order chi connectivity index (χ1) is 10.6. The van der Waals surface area contributed by atoms with Crippen LogP contribution in [-0.2, 0) is 6.42 Å². The number of aromatic amines is 1. The zero-order chi connectivity index (χ0) is 15.3. The monoisotopic (exact) mass is 310 g/mol. The molecule has 0 radical (unpaired) electrons. The molecule has 0 saturated heterocycles. The third-order valence-electron chi connectivity index (χ3n) is 4.29. The Balaban J connectivity index is 2.03. The first kappa shape index (κ1) is 13.4. The quantitative estimate of drug-likeness (QED) is 0.699. The number of nitrogens with one attached hydrogen (secondary N) is 2. The Morgan fingerprint density at radius 2 is 2.05 bits per heavy atom. The molecule has 1 aromatic heterocycles. The van der Waals surface area contributed by atoms with Crippen molar-refractivity contribution >= 4 is 28.4 Å². The van der Waals surface area contributed by atoms with Crippen LogP contribution in [0.5, 0.6) is 0 Å². The van der Waals surface area contributed by atoms with E-state index in [0.717, 1.165) is 44.7 Å². The van der Waals surface area contributed by atoms with Gasteiger partial charge in [0.2, 0.25) is 0 Å². The molecule has 0 aliphatic carbocycles. The van der Waals surface area contributed by atoms with Crippen LogP contribution >= 0.6 is 11.6 Å². The molecule has 0 unspecified atom stereocenters. The van der Waals surface area contributed by atoms with E-state index in [-0.39, 0.29) is 5.91 Å². The van der Waals surface area contributed by atoms with Crippen LogP contribution in [0.2, 0.25) is 5.02 Å². The second kappa shape index (κ2) is 4.89. The molecule has 0 fully saturated rings. The average Bonchev–Trinajstić information content (AvgIpc) is 2.79. The lowest BCUT2D eigenvalue weighted by molar-refractivity contribution is 0.0957. The number of rotatable bonds is 1. The summed E-state index contributed by atoms with van der Waals surface area (Å²) in [5.74, 6) is -0.00293. The Kier molecular flexibility index (Phi) is 2.98. The van der Waals surface area contributed by atoms with Gasteiger partial charge in [-0.25, -0.2) is 0 Å². The van der Waals surface area contributed by atoms with E-state index in [1.54, 1.807) is 0 Å². The molecule has 1 amide bonds. The summed E-state index contributed by atoms with van der Waals surface area (Å²) in [6, 6.07) is 11.9. The maximum absolute atomic E-state index is 12.2. The largest absolute Gasteiger partial charge is 0.354 e. The number of hydrogen-bond acceptors (Lipinski definition) is 1. The third-order valence-corrected chi connectivity index (χ3v) is 4.70. The number of benzene rings is 2. The van der Waals surface area contributed by atoms with Crippen molar-refractivity contribution in [3.8, 4) is 11.3 Å². The SMILES string of the molecule is Cc1ccc(-c2[nH]c3cccc4c3c2CCNC4=O)cc1Cl.